The summed E-state index contributed by atoms with van der Waals surface area (Å²) in [5.41, 5.74) is 0.618. The van der Waals surface area contributed by atoms with Crippen molar-refractivity contribution in [1.82, 2.24) is 15.5 Å². The lowest BCUT2D eigenvalue weighted by molar-refractivity contribution is -0.118. The van der Waals surface area contributed by atoms with Crippen molar-refractivity contribution < 1.29 is 9.18 Å². The van der Waals surface area contributed by atoms with Crippen LogP contribution in [0.3, 0.4) is 0 Å². The topological polar surface area (TPSA) is 54.9 Å². The quantitative estimate of drug-likeness (QED) is 0.624. The Hall–Kier alpha value is -0.640. The van der Waals surface area contributed by atoms with Crippen LogP contribution in [-0.4, -0.2) is 28.4 Å². The van der Waals surface area contributed by atoms with Crippen molar-refractivity contribution in [2.24, 2.45) is 0 Å². The third kappa shape index (κ3) is 6.40. The second kappa shape index (κ2) is 9.61. The lowest BCUT2D eigenvalue weighted by atomic mass is 10.2. The molecule has 0 atom stereocenters. The molecule has 1 aromatic carbocycles. The Balaban J connectivity index is 1.82. The van der Waals surface area contributed by atoms with E-state index in [-0.39, 0.29) is 11.7 Å². The number of carbonyl (C=O) groups is 1. The van der Waals surface area contributed by atoms with Gasteiger partial charge in [0.2, 0.25) is 5.91 Å². The second-order valence-corrected chi connectivity index (χ2v) is 8.84. The molecule has 1 heterocycles. The predicted octanol–water partition coefficient (Wildman–Crippen LogP) is 4.35. The zero-order valence-corrected chi connectivity index (χ0v) is 16.4. The first-order valence-electron chi connectivity index (χ1n) is 6.88. The van der Waals surface area contributed by atoms with Gasteiger partial charge in [0.1, 0.15) is 5.82 Å². The van der Waals surface area contributed by atoms with E-state index in [2.05, 4.69) is 31.4 Å². The van der Waals surface area contributed by atoms with Crippen molar-refractivity contribution in [2.75, 3.05) is 12.3 Å². The molecule has 23 heavy (non-hydrogen) atoms. The van der Waals surface area contributed by atoms with Crippen LogP contribution in [0.1, 0.15) is 18.9 Å². The Bertz CT molecular complexity index is 668. The van der Waals surface area contributed by atoms with Crippen molar-refractivity contribution >= 4 is 56.7 Å². The first kappa shape index (κ1) is 18.7. The molecule has 9 heteroatoms. The fourth-order valence-electron chi connectivity index (χ4n) is 1.55. The number of hydrogen-bond donors (Lipinski definition) is 1. The molecule has 2 aromatic rings. The van der Waals surface area contributed by atoms with E-state index in [1.54, 1.807) is 12.1 Å². The van der Waals surface area contributed by atoms with Crippen LogP contribution in [0.5, 0.6) is 0 Å². The predicted molar refractivity (Wildman–Crippen MR) is 97.6 cm³/mol. The van der Waals surface area contributed by atoms with Crippen molar-refractivity contribution in [1.29, 1.82) is 0 Å². The van der Waals surface area contributed by atoms with Gasteiger partial charge in [0.25, 0.3) is 0 Å². The summed E-state index contributed by atoms with van der Waals surface area (Å²) >= 11 is 7.55. The largest absolute Gasteiger partial charge is 0.355 e. The maximum Gasteiger partial charge on any atom is 0.230 e. The van der Waals surface area contributed by atoms with Gasteiger partial charge in [0.05, 0.1) is 5.75 Å². The van der Waals surface area contributed by atoms with Crippen molar-refractivity contribution in [2.45, 2.75) is 27.8 Å². The fourth-order valence-corrected chi connectivity index (χ4v) is 4.78. The van der Waals surface area contributed by atoms with Crippen molar-refractivity contribution in [3.8, 4) is 0 Å². The van der Waals surface area contributed by atoms with E-state index < -0.39 is 0 Å². The minimum absolute atomic E-state index is 0.00235. The van der Waals surface area contributed by atoms with E-state index >= 15 is 0 Å². The normalized spacial score (nSPS) is 10.7. The molecule has 0 spiro atoms. The van der Waals surface area contributed by atoms with E-state index in [4.69, 9.17) is 0 Å². The first-order valence-corrected chi connectivity index (χ1v) is 10.5. The number of nitrogens with zero attached hydrogens (tertiary/aromatic N) is 2. The molecule has 4 nitrogen and oxygen atoms in total. The van der Waals surface area contributed by atoms with Crippen LogP contribution >= 0.6 is 50.8 Å². The molecule has 0 bridgehead atoms. The van der Waals surface area contributed by atoms with Crippen molar-refractivity contribution in [3.63, 3.8) is 0 Å². The smallest absolute Gasteiger partial charge is 0.230 e. The third-order valence-corrected chi connectivity index (χ3v) is 6.38. The number of hydrogen-bond acceptors (Lipinski definition) is 6. The summed E-state index contributed by atoms with van der Waals surface area (Å²) in [5.74, 6) is 0.589. The van der Waals surface area contributed by atoms with E-state index in [1.165, 1.54) is 40.9 Å². The minimum atomic E-state index is -0.229. The SMILES string of the molecule is CCCNC(=O)CSc1nnc(SCc2cc(Br)ccc2F)s1. The van der Waals surface area contributed by atoms with Gasteiger partial charge in [0.15, 0.2) is 8.68 Å². The summed E-state index contributed by atoms with van der Waals surface area (Å²) in [4.78, 5) is 11.5. The summed E-state index contributed by atoms with van der Waals surface area (Å²) in [6, 6.07) is 4.88. The molecule has 1 amide bonds. The molecule has 1 N–H and O–H groups in total. The minimum Gasteiger partial charge on any atom is -0.355 e. The number of carbonyl (C=O) groups excluding carboxylic acids is 1. The molecule has 0 aliphatic carbocycles. The van der Waals surface area contributed by atoms with Crippen molar-refractivity contribution in [3.05, 3.63) is 34.1 Å². The van der Waals surface area contributed by atoms with Crippen LogP contribution in [0.15, 0.2) is 31.4 Å². The number of halogens is 2. The molecule has 0 saturated heterocycles. The summed E-state index contributed by atoms with van der Waals surface area (Å²) < 4.78 is 16.0. The molecule has 0 aliphatic rings. The van der Waals surface area contributed by atoms with Crippen LogP contribution in [-0.2, 0) is 10.5 Å². The monoisotopic (exact) mass is 435 g/mol. The van der Waals surface area contributed by atoms with Gasteiger partial charge in [-0.15, -0.1) is 10.2 Å². The molecule has 0 unspecified atom stereocenters. The Morgan fingerprint density at radius 2 is 2.09 bits per heavy atom. The molecule has 0 radical (unpaired) electrons. The molecule has 0 fully saturated rings. The van der Waals surface area contributed by atoms with Gasteiger partial charge in [-0.3, -0.25) is 4.79 Å². The second-order valence-electron chi connectivity index (χ2n) is 4.50. The molecule has 1 aromatic heterocycles. The van der Waals surface area contributed by atoms with Crippen LogP contribution in [0.4, 0.5) is 4.39 Å². The lowest BCUT2D eigenvalue weighted by Crippen LogP contribution is -2.25. The number of benzene rings is 1. The average Bonchev–Trinajstić information content (AvgIpc) is 2.99. The Morgan fingerprint density at radius 3 is 2.83 bits per heavy atom. The molecule has 0 saturated carbocycles. The van der Waals surface area contributed by atoms with Crippen LogP contribution < -0.4 is 5.32 Å². The van der Waals surface area contributed by atoms with E-state index in [1.807, 2.05) is 6.92 Å². The number of thioether (sulfide) groups is 2. The summed E-state index contributed by atoms with van der Waals surface area (Å²) in [5, 5.41) is 10.9. The molecule has 124 valence electrons. The van der Waals surface area contributed by atoms with Crippen LogP contribution in [0, 0.1) is 5.82 Å². The zero-order valence-electron chi connectivity index (χ0n) is 12.3. The maximum atomic E-state index is 13.7. The molecular formula is C14H15BrFN3OS3. The van der Waals surface area contributed by atoms with E-state index in [0.717, 1.165) is 19.6 Å². The molecule has 0 aliphatic heterocycles. The Kier molecular flexibility index (Phi) is 7.81. The zero-order chi connectivity index (χ0) is 16.7. The third-order valence-electron chi connectivity index (χ3n) is 2.65. The van der Waals surface area contributed by atoms with Gasteiger partial charge >= 0.3 is 0 Å². The standard InChI is InChI=1S/C14H15BrFN3OS3/c1-2-5-17-12(20)8-22-14-19-18-13(23-14)21-7-9-6-10(15)3-4-11(9)16/h3-4,6H,2,5,7-8H2,1H3,(H,17,20). The highest BCUT2D eigenvalue weighted by atomic mass is 79.9. The highest BCUT2D eigenvalue weighted by Crippen LogP contribution is 2.31. The van der Waals surface area contributed by atoms with E-state index in [0.29, 0.717) is 23.6 Å². The average molecular weight is 436 g/mol. The fraction of sp³-hybridized carbons (Fsp3) is 0.357. The van der Waals surface area contributed by atoms with Gasteiger partial charge < -0.3 is 5.32 Å². The van der Waals surface area contributed by atoms with Gasteiger partial charge in [0, 0.05) is 16.8 Å². The summed E-state index contributed by atoms with van der Waals surface area (Å²) in [6.45, 7) is 2.70. The van der Waals surface area contributed by atoms with Crippen LogP contribution in [0.25, 0.3) is 0 Å². The van der Waals surface area contributed by atoms with E-state index in [9.17, 15) is 9.18 Å². The summed E-state index contributed by atoms with van der Waals surface area (Å²) in [6.07, 6.45) is 0.919. The maximum absolute atomic E-state index is 13.7. The van der Waals surface area contributed by atoms with Gasteiger partial charge in [-0.25, -0.2) is 4.39 Å². The van der Waals surface area contributed by atoms with Crippen LogP contribution in [0.2, 0.25) is 0 Å². The Morgan fingerprint density at radius 1 is 1.35 bits per heavy atom. The molecule has 2 rings (SSSR count). The van der Waals surface area contributed by atoms with Gasteiger partial charge in [-0.1, -0.05) is 57.7 Å². The number of rotatable bonds is 8. The molecular weight excluding hydrogens is 421 g/mol. The highest BCUT2D eigenvalue weighted by Gasteiger charge is 2.10. The number of nitrogens with one attached hydrogen (secondary N) is 1. The Labute approximate surface area is 155 Å². The first-order chi connectivity index (χ1) is 11.1. The number of amides is 1. The number of aromatic nitrogens is 2. The lowest BCUT2D eigenvalue weighted by Gasteiger charge is -2.01. The summed E-state index contributed by atoms with van der Waals surface area (Å²) in [7, 11) is 0. The highest BCUT2D eigenvalue weighted by molar-refractivity contribution is 9.10. The van der Waals surface area contributed by atoms with Gasteiger partial charge in [-0.2, -0.15) is 0 Å². The van der Waals surface area contributed by atoms with Gasteiger partial charge in [-0.05, 0) is 30.2 Å².